The fourth-order valence-electron chi connectivity index (χ4n) is 4.32. The molecule has 3 fully saturated rings. The summed E-state index contributed by atoms with van der Waals surface area (Å²) >= 11 is 7.96. The third-order valence-electron chi connectivity index (χ3n) is 5.59. The molecule has 1 aromatic rings. The molecule has 0 spiro atoms. The largest absolute Gasteiger partial charge is 0.243 e. The smallest absolute Gasteiger partial charge is 0.207 e. The number of hydrogen-bond donors (Lipinski definition) is 0. The van der Waals surface area contributed by atoms with Gasteiger partial charge in [-0.05, 0) is 37.8 Å². The first kappa shape index (κ1) is 15.6. The monoisotopic (exact) mass is 447 g/mol. The van der Waals surface area contributed by atoms with Crippen molar-refractivity contribution in [1.29, 1.82) is 0 Å². The van der Waals surface area contributed by atoms with E-state index < -0.39 is 10.0 Å². The predicted molar refractivity (Wildman–Crippen MR) is 94.1 cm³/mol. The van der Waals surface area contributed by atoms with Gasteiger partial charge in [0.25, 0.3) is 0 Å². The maximum Gasteiger partial charge on any atom is 0.243 e. The van der Waals surface area contributed by atoms with Gasteiger partial charge in [-0.15, -0.1) is 0 Å². The van der Waals surface area contributed by atoms with E-state index in [1.807, 2.05) is 6.07 Å². The van der Waals surface area contributed by atoms with Crippen LogP contribution in [0.3, 0.4) is 0 Å². The van der Waals surface area contributed by atoms with Gasteiger partial charge in [0.2, 0.25) is 10.0 Å². The quantitative estimate of drug-likeness (QED) is 0.505. The SMILES string of the molecule is O=S(=O)(c1ccccc1)N1[C@@H]2C[C@@]3(Br)CCCC[C@]3(Br)C[C@H]21. The molecule has 3 nitrogen and oxygen atoms in total. The average Bonchev–Trinajstić information content (AvgIpc) is 3.17. The molecule has 1 saturated heterocycles. The van der Waals surface area contributed by atoms with Gasteiger partial charge < -0.3 is 0 Å². The molecule has 0 bridgehead atoms. The minimum atomic E-state index is -3.35. The highest BCUT2D eigenvalue weighted by Gasteiger charge is 2.67. The Labute approximate surface area is 148 Å². The summed E-state index contributed by atoms with van der Waals surface area (Å²) < 4.78 is 27.6. The molecule has 1 aromatic carbocycles. The number of nitrogens with zero attached hydrogens (tertiary/aromatic N) is 1. The van der Waals surface area contributed by atoms with Crippen LogP contribution in [0.4, 0.5) is 0 Å². The van der Waals surface area contributed by atoms with Gasteiger partial charge in [-0.25, -0.2) is 8.42 Å². The Kier molecular flexibility index (Phi) is 3.58. The Morgan fingerprint density at radius 1 is 0.955 bits per heavy atom. The molecule has 4 atom stereocenters. The van der Waals surface area contributed by atoms with E-state index in [9.17, 15) is 8.42 Å². The van der Waals surface area contributed by atoms with Gasteiger partial charge in [0.05, 0.1) is 4.90 Å². The molecule has 3 aliphatic rings. The zero-order valence-corrected chi connectivity index (χ0v) is 16.2. The van der Waals surface area contributed by atoms with Crippen molar-refractivity contribution in [3.8, 4) is 0 Å². The van der Waals surface area contributed by atoms with Crippen LogP contribution in [-0.2, 0) is 10.0 Å². The fourth-order valence-corrected chi connectivity index (χ4v) is 8.10. The van der Waals surface area contributed by atoms with E-state index in [1.165, 1.54) is 12.8 Å². The first-order valence-electron chi connectivity index (χ1n) is 7.84. The van der Waals surface area contributed by atoms with Crippen LogP contribution in [0.25, 0.3) is 0 Å². The third-order valence-corrected chi connectivity index (χ3v) is 11.0. The molecule has 120 valence electrons. The molecule has 2 saturated carbocycles. The lowest BCUT2D eigenvalue weighted by molar-refractivity contribution is 0.270. The highest BCUT2D eigenvalue weighted by atomic mass is 79.9. The second-order valence-corrected chi connectivity index (χ2v) is 11.7. The Bertz CT molecular complexity index is 669. The van der Waals surface area contributed by atoms with Crippen molar-refractivity contribution >= 4 is 41.9 Å². The van der Waals surface area contributed by atoms with Crippen LogP contribution in [-0.4, -0.2) is 33.5 Å². The Morgan fingerprint density at radius 3 is 1.95 bits per heavy atom. The second-order valence-electron chi connectivity index (χ2n) is 6.83. The van der Waals surface area contributed by atoms with Gasteiger partial charge in [-0.3, -0.25) is 0 Å². The zero-order chi connectivity index (χ0) is 15.6. The van der Waals surface area contributed by atoms with E-state index in [2.05, 4.69) is 31.9 Å². The van der Waals surface area contributed by atoms with Gasteiger partial charge in [0.1, 0.15) is 0 Å². The van der Waals surface area contributed by atoms with Gasteiger partial charge in [-0.2, -0.15) is 4.31 Å². The van der Waals surface area contributed by atoms with Gasteiger partial charge >= 0.3 is 0 Å². The highest BCUT2D eigenvalue weighted by molar-refractivity contribution is 9.13. The molecular weight excluding hydrogens is 430 g/mol. The summed E-state index contributed by atoms with van der Waals surface area (Å²) in [4.78, 5) is 0.416. The lowest BCUT2D eigenvalue weighted by Crippen LogP contribution is -2.51. The second kappa shape index (κ2) is 5.04. The summed E-state index contributed by atoms with van der Waals surface area (Å²) in [7, 11) is -3.35. The van der Waals surface area contributed by atoms with E-state index in [1.54, 1.807) is 28.6 Å². The molecule has 6 heteroatoms. The van der Waals surface area contributed by atoms with Crippen molar-refractivity contribution in [2.75, 3.05) is 0 Å². The number of fused-ring (bicyclic) bond motifs is 2. The first-order valence-corrected chi connectivity index (χ1v) is 10.9. The van der Waals surface area contributed by atoms with Crippen molar-refractivity contribution in [2.45, 2.75) is 64.2 Å². The molecule has 4 rings (SSSR count). The number of benzene rings is 1. The molecule has 0 amide bonds. The van der Waals surface area contributed by atoms with E-state index in [0.29, 0.717) is 4.90 Å². The number of halogens is 2. The third kappa shape index (κ3) is 2.17. The van der Waals surface area contributed by atoms with Crippen LogP contribution in [0.5, 0.6) is 0 Å². The van der Waals surface area contributed by atoms with Crippen LogP contribution in [0.1, 0.15) is 38.5 Å². The van der Waals surface area contributed by atoms with Gasteiger partial charge in [-0.1, -0.05) is 62.9 Å². The molecule has 0 radical (unpaired) electrons. The van der Waals surface area contributed by atoms with E-state index >= 15 is 0 Å². The van der Waals surface area contributed by atoms with E-state index in [0.717, 1.165) is 25.7 Å². The number of hydrogen-bond acceptors (Lipinski definition) is 2. The Morgan fingerprint density at radius 2 is 1.45 bits per heavy atom. The molecule has 1 aliphatic heterocycles. The number of sulfonamides is 1. The van der Waals surface area contributed by atoms with Crippen molar-refractivity contribution < 1.29 is 8.42 Å². The zero-order valence-electron chi connectivity index (χ0n) is 12.2. The summed E-state index contributed by atoms with van der Waals surface area (Å²) in [5.41, 5.74) is 0. The maximum atomic E-state index is 12.9. The first-order chi connectivity index (χ1) is 10.4. The fraction of sp³-hybridized carbons (Fsp3) is 0.625. The van der Waals surface area contributed by atoms with Gasteiger partial charge in [0, 0.05) is 20.7 Å². The molecule has 0 unspecified atom stereocenters. The summed E-state index contributed by atoms with van der Waals surface area (Å²) in [6.07, 6.45) is 6.52. The van der Waals surface area contributed by atoms with Crippen LogP contribution in [0.15, 0.2) is 35.2 Å². The van der Waals surface area contributed by atoms with Crippen molar-refractivity contribution in [3.05, 3.63) is 30.3 Å². The summed E-state index contributed by atoms with van der Waals surface area (Å²) in [6.45, 7) is 0. The normalized spacial score (nSPS) is 44.0. The van der Waals surface area contributed by atoms with E-state index in [-0.39, 0.29) is 20.7 Å². The Hall–Kier alpha value is 0.0900. The maximum absolute atomic E-state index is 12.9. The summed E-state index contributed by atoms with van der Waals surface area (Å²) in [5, 5.41) is 0. The minimum Gasteiger partial charge on any atom is -0.207 e. The lowest BCUT2D eigenvalue weighted by atomic mass is 9.70. The number of alkyl halides is 2. The average molecular weight is 449 g/mol. The molecule has 0 N–H and O–H groups in total. The van der Waals surface area contributed by atoms with Crippen LogP contribution in [0, 0.1) is 0 Å². The van der Waals surface area contributed by atoms with Gasteiger partial charge in [0.15, 0.2) is 0 Å². The summed E-state index contributed by atoms with van der Waals surface area (Å²) in [5.74, 6) is 0. The lowest BCUT2D eigenvalue weighted by Gasteiger charge is -2.49. The van der Waals surface area contributed by atoms with E-state index in [4.69, 9.17) is 0 Å². The Balaban J connectivity index is 1.64. The topological polar surface area (TPSA) is 37.1 Å². The van der Waals surface area contributed by atoms with Crippen LogP contribution >= 0.6 is 31.9 Å². The predicted octanol–water partition coefficient (Wildman–Crippen LogP) is 4.06. The molecule has 22 heavy (non-hydrogen) atoms. The highest BCUT2D eigenvalue weighted by Crippen LogP contribution is 2.63. The minimum absolute atomic E-state index is 0.0420. The molecule has 1 heterocycles. The number of rotatable bonds is 2. The standard InChI is InChI=1S/C16H19Br2NO2S/c17-15-8-4-5-9-16(15,18)11-14-13(10-15)19(14)22(20,21)12-6-2-1-3-7-12/h1-3,6-7,13-14H,4-5,8-11H2/t13-,14-,15+,16+/m1/s1. The molecule has 2 aliphatic carbocycles. The van der Waals surface area contributed by atoms with Crippen LogP contribution in [0.2, 0.25) is 0 Å². The van der Waals surface area contributed by atoms with Crippen LogP contribution < -0.4 is 0 Å². The molecular formula is C16H19Br2NO2S. The van der Waals surface area contributed by atoms with Crippen molar-refractivity contribution in [2.24, 2.45) is 0 Å². The van der Waals surface area contributed by atoms with Crippen molar-refractivity contribution in [3.63, 3.8) is 0 Å². The summed E-state index contributed by atoms with van der Waals surface area (Å²) in [6, 6.07) is 9.14. The van der Waals surface area contributed by atoms with Crippen molar-refractivity contribution in [1.82, 2.24) is 4.31 Å². The molecule has 0 aromatic heterocycles.